The number of hydrogen-bond acceptors (Lipinski definition) is 5. The van der Waals surface area contributed by atoms with Crippen LogP contribution in [0.5, 0.6) is 0 Å². The number of nitrogens with one attached hydrogen (secondary N) is 1. The standard InChI is InChI=1S/C20H22F3N5O2S/c1-3-10-28-18(13-8-9-13)25-26-19(28)31-12-17(30)27(2)11-16(29)24-15-7-5-4-6-14(15)20(21,22)23/h3-7,13H,1,8-12H2,2H3,(H,24,29). The Hall–Kier alpha value is -2.82. The Morgan fingerprint density at radius 2 is 2.03 bits per heavy atom. The minimum absolute atomic E-state index is 0.0167. The van der Waals surface area contributed by atoms with Crippen molar-refractivity contribution in [2.75, 3.05) is 24.7 Å². The Bertz CT molecular complexity index is 972. The van der Waals surface area contributed by atoms with Crippen molar-refractivity contribution in [1.29, 1.82) is 0 Å². The molecule has 2 amide bonds. The van der Waals surface area contributed by atoms with Crippen molar-refractivity contribution in [2.45, 2.75) is 36.6 Å². The summed E-state index contributed by atoms with van der Waals surface area (Å²) >= 11 is 1.20. The van der Waals surface area contributed by atoms with Crippen LogP contribution in [-0.2, 0) is 22.3 Å². The van der Waals surface area contributed by atoms with E-state index in [0.717, 1.165) is 29.6 Å². The first-order valence-electron chi connectivity index (χ1n) is 9.57. The topological polar surface area (TPSA) is 80.1 Å². The summed E-state index contributed by atoms with van der Waals surface area (Å²) in [6.45, 7) is 3.89. The summed E-state index contributed by atoms with van der Waals surface area (Å²) in [5.74, 6) is 0.214. The monoisotopic (exact) mass is 453 g/mol. The Kier molecular flexibility index (Phi) is 7.04. The second kappa shape index (κ2) is 9.54. The SMILES string of the molecule is C=CCn1c(SCC(=O)N(C)CC(=O)Nc2ccccc2C(F)(F)F)nnc1C1CC1. The van der Waals surface area contributed by atoms with Gasteiger partial charge in [0, 0.05) is 19.5 Å². The number of benzene rings is 1. The van der Waals surface area contributed by atoms with Gasteiger partial charge in [-0.3, -0.25) is 9.59 Å². The summed E-state index contributed by atoms with van der Waals surface area (Å²) in [4.78, 5) is 25.8. The lowest BCUT2D eigenvalue weighted by Gasteiger charge is -2.18. The molecule has 1 heterocycles. The number of rotatable bonds is 9. The van der Waals surface area contributed by atoms with Crippen LogP contribution in [0.2, 0.25) is 0 Å². The molecule has 7 nitrogen and oxygen atoms in total. The van der Waals surface area contributed by atoms with Gasteiger partial charge in [0.15, 0.2) is 5.16 Å². The van der Waals surface area contributed by atoms with Crippen molar-refractivity contribution in [1.82, 2.24) is 19.7 Å². The molecule has 1 aromatic carbocycles. The van der Waals surface area contributed by atoms with Gasteiger partial charge in [-0.15, -0.1) is 16.8 Å². The third-order valence-corrected chi connectivity index (χ3v) is 5.59. The van der Waals surface area contributed by atoms with Crippen LogP contribution < -0.4 is 5.32 Å². The second-order valence-electron chi connectivity index (χ2n) is 7.14. The van der Waals surface area contributed by atoms with Crippen molar-refractivity contribution in [3.05, 3.63) is 48.3 Å². The Morgan fingerprint density at radius 3 is 2.68 bits per heavy atom. The van der Waals surface area contributed by atoms with Gasteiger partial charge in [-0.25, -0.2) is 0 Å². The molecule has 0 atom stereocenters. The number of alkyl halides is 3. The molecule has 1 aromatic heterocycles. The predicted molar refractivity (Wildman–Crippen MR) is 111 cm³/mol. The average Bonchev–Trinajstić information content (AvgIpc) is 3.47. The number of amides is 2. The van der Waals surface area contributed by atoms with E-state index in [1.165, 1.54) is 37.0 Å². The summed E-state index contributed by atoms with van der Waals surface area (Å²) in [6.07, 6.45) is -0.734. The van der Waals surface area contributed by atoms with Gasteiger partial charge in [0.1, 0.15) is 5.82 Å². The molecule has 0 saturated heterocycles. The van der Waals surface area contributed by atoms with Gasteiger partial charge in [-0.1, -0.05) is 30.0 Å². The molecule has 1 aliphatic carbocycles. The number of hydrogen-bond donors (Lipinski definition) is 1. The zero-order chi connectivity index (χ0) is 22.6. The molecule has 166 valence electrons. The van der Waals surface area contributed by atoms with Gasteiger partial charge in [0.2, 0.25) is 11.8 Å². The first-order chi connectivity index (χ1) is 14.7. The van der Waals surface area contributed by atoms with Gasteiger partial charge in [-0.05, 0) is 25.0 Å². The first-order valence-corrected chi connectivity index (χ1v) is 10.6. The van der Waals surface area contributed by atoms with E-state index in [-0.39, 0.29) is 23.9 Å². The third-order valence-electron chi connectivity index (χ3n) is 4.64. The minimum Gasteiger partial charge on any atom is -0.336 e. The molecule has 0 aliphatic heterocycles. The van der Waals surface area contributed by atoms with E-state index in [2.05, 4.69) is 22.1 Å². The van der Waals surface area contributed by atoms with Crippen LogP contribution in [-0.4, -0.2) is 50.8 Å². The average molecular weight is 453 g/mol. The number of nitrogens with zero attached hydrogens (tertiary/aromatic N) is 4. The molecule has 0 radical (unpaired) electrons. The van der Waals surface area contributed by atoms with Crippen molar-refractivity contribution in [2.24, 2.45) is 0 Å². The molecule has 0 spiro atoms. The van der Waals surface area contributed by atoms with E-state index in [1.807, 2.05) is 4.57 Å². The zero-order valence-electron chi connectivity index (χ0n) is 16.9. The predicted octanol–water partition coefficient (Wildman–Crippen LogP) is 3.55. The molecular weight excluding hydrogens is 431 g/mol. The number of allylic oxidation sites excluding steroid dienone is 1. The van der Waals surface area contributed by atoms with E-state index in [4.69, 9.17) is 0 Å². The maximum atomic E-state index is 13.1. The van der Waals surface area contributed by atoms with Crippen LogP contribution in [0.15, 0.2) is 42.1 Å². The summed E-state index contributed by atoms with van der Waals surface area (Å²) in [6, 6.07) is 4.69. The lowest BCUT2D eigenvalue weighted by Crippen LogP contribution is -2.36. The Morgan fingerprint density at radius 1 is 1.32 bits per heavy atom. The van der Waals surface area contributed by atoms with Crippen molar-refractivity contribution < 1.29 is 22.8 Å². The minimum atomic E-state index is -4.59. The fourth-order valence-electron chi connectivity index (χ4n) is 2.92. The number of para-hydroxylation sites is 1. The normalized spacial score (nSPS) is 13.7. The number of carbonyl (C=O) groups is 2. The highest BCUT2D eigenvalue weighted by Gasteiger charge is 2.34. The van der Waals surface area contributed by atoms with Crippen molar-refractivity contribution in [3.8, 4) is 0 Å². The number of likely N-dealkylation sites (N-methyl/N-ethyl adjacent to an activating group) is 1. The molecule has 11 heteroatoms. The highest BCUT2D eigenvalue weighted by atomic mass is 32.2. The fraction of sp³-hybridized carbons (Fsp3) is 0.400. The largest absolute Gasteiger partial charge is 0.418 e. The van der Waals surface area contributed by atoms with E-state index >= 15 is 0 Å². The third kappa shape index (κ3) is 5.87. The molecular formula is C20H22F3N5O2S. The lowest BCUT2D eigenvalue weighted by molar-refractivity contribution is -0.137. The number of thioether (sulfide) groups is 1. The van der Waals surface area contributed by atoms with Crippen LogP contribution >= 0.6 is 11.8 Å². The Balaban J connectivity index is 1.56. The van der Waals surface area contributed by atoms with Gasteiger partial charge >= 0.3 is 6.18 Å². The van der Waals surface area contributed by atoms with Gasteiger partial charge < -0.3 is 14.8 Å². The van der Waals surface area contributed by atoms with Crippen LogP contribution in [0.1, 0.15) is 30.1 Å². The first kappa shape index (κ1) is 22.9. The molecule has 1 saturated carbocycles. The molecule has 31 heavy (non-hydrogen) atoms. The summed E-state index contributed by atoms with van der Waals surface area (Å²) in [5, 5.41) is 11.2. The summed E-state index contributed by atoms with van der Waals surface area (Å²) in [7, 11) is 1.42. The molecule has 1 N–H and O–H groups in total. The number of aromatic nitrogens is 3. The molecule has 0 bridgehead atoms. The van der Waals surface area contributed by atoms with E-state index in [0.29, 0.717) is 17.6 Å². The van der Waals surface area contributed by atoms with E-state index < -0.39 is 17.6 Å². The quantitative estimate of drug-likeness (QED) is 0.464. The van der Waals surface area contributed by atoms with Crippen molar-refractivity contribution in [3.63, 3.8) is 0 Å². The highest BCUT2D eigenvalue weighted by molar-refractivity contribution is 7.99. The molecule has 1 aliphatic rings. The highest BCUT2D eigenvalue weighted by Crippen LogP contribution is 2.40. The van der Waals surface area contributed by atoms with Crippen LogP contribution in [0, 0.1) is 0 Å². The van der Waals surface area contributed by atoms with Crippen LogP contribution in [0.3, 0.4) is 0 Å². The second-order valence-corrected chi connectivity index (χ2v) is 8.09. The van der Waals surface area contributed by atoms with E-state index in [9.17, 15) is 22.8 Å². The van der Waals surface area contributed by atoms with Crippen LogP contribution in [0.4, 0.5) is 18.9 Å². The number of carbonyl (C=O) groups excluding carboxylic acids is 2. The fourth-order valence-corrected chi connectivity index (χ4v) is 3.82. The number of halogens is 3. The summed E-state index contributed by atoms with van der Waals surface area (Å²) in [5.41, 5.74) is -1.29. The molecule has 2 aromatic rings. The molecule has 1 fully saturated rings. The lowest BCUT2D eigenvalue weighted by atomic mass is 10.1. The van der Waals surface area contributed by atoms with Gasteiger partial charge in [-0.2, -0.15) is 13.2 Å². The molecule has 3 rings (SSSR count). The van der Waals surface area contributed by atoms with Gasteiger partial charge in [0.25, 0.3) is 0 Å². The smallest absolute Gasteiger partial charge is 0.336 e. The Labute approximate surface area is 181 Å². The van der Waals surface area contributed by atoms with Crippen molar-refractivity contribution >= 4 is 29.3 Å². The maximum absolute atomic E-state index is 13.1. The van der Waals surface area contributed by atoms with Gasteiger partial charge in [0.05, 0.1) is 23.5 Å². The summed E-state index contributed by atoms with van der Waals surface area (Å²) < 4.78 is 41.1. The maximum Gasteiger partial charge on any atom is 0.418 e. The zero-order valence-corrected chi connectivity index (χ0v) is 17.7. The van der Waals surface area contributed by atoms with E-state index in [1.54, 1.807) is 6.08 Å². The van der Waals surface area contributed by atoms with Crippen LogP contribution in [0.25, 0.3) is 0 Å². The number of anilines is 1. The molecule has 0 unspecified atom stereocenters.